The van der Waals surface area contributed by atoms with Crippen LogP contribution < -0.4 is 5.32 Å². The van der Waals surface area contributed by atoms with E-state index in [1.165, 1.54) is 27.6 Å². The first-order valence-electron chi connectivity index (χ1n) is 10.2. The Morgan fingerprint density at radius 3 is 3.00 bits per heavy atom. The third kappa shape index (κ3) is 4.76. The Bertz CT molecular complexity index is 973. The summed E-state index contributed by atoms with van der Waals surface area (Å²) >= 11 is 0. The van der Waals surface area contributed by atoms with Crippen molar-refractivity contribution >= 4 is 40.8 Å². The molecule has 1 unspecified atom stereocenters. The number of aromatic nitrogens is 3. The third-order valence-electron chi connectivity index (χ3n) is 5.66. The minimum Gasteiger partial charge on any atom is -0.361 e. The molecular weight excluding hydrogens is 475 g/mol. The van der Waals surface area contributed by atoms with Crippen molar-refractivity contribution < 1.29 is 0 Å². The number of fused-ring (bicyclic) bond motifs is 1. The second-order valence-electron chi connectivity index (χ2n) is 7.68. The van der Waals surface area contributed by atoms with Gasteiger partial charge in [0.05, 0.1) is 6.20 Å². The van der Waals surface area contributed by atoms with E-state index in [2.05, 4.69) is 64.7 Å². The molecule has 1 aromatic carbocycles. The van der Waals surface area contributed by atoms with Crippen LogP contribution in [0.25, 0.3) is 10.9 Å². The number of hydrogen-bond acceptors (Lipinski definition) is 2. The van der Waals surface area contributed by atoms with Crippen molar-refractivity contribution in [3.8, 4) is 0 Å². The Kier molecular flexibility index (Phi) is 7.21. The second kappa shape index (κ2) is 9.65. The van der Waals surface area contributed by atoms with Gasteiger partial charge in [-0.3, -0.25) is 9.67 Å². The fourth-order valence-corrected chi connectivity index (χ4v) is 4.23. The van der Waals surface area contributed by atoms with Gasteiger partial charge in [-0.2, -0.15) is 5.10 Å². The fraction of sp³-hybridized carbons (Fsp3) is 0.455. The van der Waals surface area contributed by atoms with Crippen molar-refractivity contribution in [1.29, 1.82) is 0 Å². The predicted molar refractivity (Wildman–Crippen MR) is 130 cm³/mol. The number of rotatable bonds is 5. The van der Waals surface area contributed by atoms with Crippen molar-refractivity contribution in [3.05, 3.63) is 53.5 Å². The zero-order valence-electron chi connectivity index (χ0n) is 17.5. The lowest BCUT2D eigenvalue weighted by molar-refractivity contribution is 0.486. The number of likely N-dealkylation sites (tertiary alicyclic amines) is 1. The molecule has 3 heterocycles. The second-order valence-corrected chi connectivity index (χ2v) is 7.68. The molecule has 1 fully saturated rings. The zero-order chi connectivity index (χ0) is 19.5. The van der Waals surface area contributed by atoms with Crippen molar-refractivity contribution in [3.63, 3.8) is 0 Å². The first-order valence-corrected chi connectivity index (χ1v) is 10.2. The molecule has 0 saturated carbocycles. The molecule has 2 N–H and O–H groups in total. The number of hydrogen-bond donors (Lipinski definition) is 2. The Morgan fingerprint density at radius 1 is 1.38 bits per heavy atom. The molecule has 156 valence electrons. The lowest BCUT2D eigenvalue weighted by atomic mass is 10.0. The normalized spacial score (nSPS) is 17.0. The lowest BCUT2D eigenvalue weighted by Crippen LogP contribution is -2.40. The molecule has 2 aromatic heterocycles. The maximum Gasteiger partial charge on any atom is 0.193 e. The molecule has 4 rings (SSSR count). The first-order chi connectivity index (χ1) is 13.7. The molecule has 0 aliphatic carbocycles. The van der Waals surface area contributed by atoms with Crippen LogP contribution in [0.5, 0.6) is 0 Å². The Balaban J connectivity index is 0.00000240. The Morgan fingerprint density at radius 2 is 2.24 bits per heavy atom. The summed E-state index contributed by atoms with van der Waals surface area (Å²) in [6.07, 6.45) is 8.36. The summed E-state index contributed by atoms with van der Waals surface area (Å²) in [5, 5.41) is 9.15. The van der Waals surface area contributed by atoms with E-state index in [0.717, 1.165) is 45.0 Å². The lowest BCUT2D eigenvalue weighted by Gasteiger charge is -2.21. The minimum atomic E-state index is 0. The number of nitrogens with one attached hydrogen (secondary N) is 2. The van der Waals surface area contributed by atoms with Crippen LogP contribution in [0.2, 0.25) is 0 Å². The van der Waals surface area contributed by atoms with Gasteiger partial charge in [-0.25, -0.2) is 0 Å². The summed E-state index contributed by atoms with van der Waals surface area (Å²) in [4.78, 5) is 10.7. The van der Waals surface area contributed by atoms with E-state index in [1.54, 1.807) is 0 Å². The zero-order valence-corrected chi connectivity index (χ0v) is 19.8. The minimum absolute atomic E-state index is 0. The fourth-order valence-electron chi connectivity index (χ4n) is 4.23. The third-order valence-corrected chi connectivity index (χ3v) is 5.66. The van der Waals surface area contributed by atoms with Gasteiger partial charge < -0.3 is 15.2 Å². The Labute approximate surface area is 189 Å². The van der Waals surface area contributed by atoms with Crippen LogP contribution in [-0.4, -0.2) is 51.8 Å². The van der Waals surface area contributed by atoms with Crippen LogP contribution in [0.3, 0.4) is 0 Å². The smallest absolute Gasteiger partial charge is 0.193 e. The Hall–Kier alpha value is -2.03. The first kappa shape index (κ1) is 21.7. The van der Waals surface area contributed by atoms with Crippen LogP contribution in [-0.2, 0) is 13.5 Å². The molecule has 0 bridgehead atoms. The highest BCUT2D eigenvalue weighted by molar-refractivity contribution is 14.0. The molecule has 1 aliphatic rings. The van der Waals surface area contributed by atoms with Crippen LogP contribution in [0.1, 0.15) is 36.0 Å². The van der Waals surface area contributed by atoms with Gasteiger partial charge in [0.25, 0.3) is 0 Å². The number of aromatic amines is 1. The van der Waals surface area contributed by atoms with E-state index in [-0.39, 0.29) is 24.0 Å². The molecule has 1 aliphatic heterocycles. The van der Waals surface area contributed by atoms with Gasteiger partial charge in [0.15, 0.2) is 5.96 Å². The molecule has 0 amide bonds. The molecule has 6 nitrogen and oxygen atoms in total. The number of halogens is 1. The van der Waals surface area contributed by atoms with Crippen LogP contribution >= 0.6 is 24.0 Å². The van der Waals surface area contributed by atoms with E-state index >= 15 is 0 Å². The monoisotopic (exact) mass is 506 g/mol. The van der Waals surface area contributed by atoms with Gasteiger partial charge in [0, 0.05) is 62.4 Å². The van der Waals surface area contributed by atoms with E-state index in [1.807, 2.05) is 17.9 Å². The summed E-state index contributed by atoms with van der Waals surface area (Å²) in [6, 6.07) is 6.42. The van der Waals surface area contributed by atoms with E-state index < -0.39 is 0 Å². The summed E-state index contributed by atoms with van der Waals surface area (Å²) in [5.74, 6) is 1.57. The summed E-state index contributed by atoms with van der Waals surface area (Å²) in [7, 11) is 1.98. The van der Waals surface area contributed by atoms with Crippen molar-refractivity contribution in [1.82, 2.24) is 25.0 Å². The quantitative estimate of drug-likeness (QED) is 0.314. The molecule has 0 spiro atoms. The van der Waals surface area contributed by atoms with Gasteiger partial charge in [0.1, 0.15) is 0 Å². The highest BCUT2D eigenvalue weighted by Crippen LogP contribution is 2.27. The van der Waals surface area contributed by atoms with E-state index in [4.69, 9.17) is 4.99 Å². The molecule has 29 heavy (non-hydrogen) atoms. The van der Waals surface area contributed by atoms with Gasteiger partial charge in [0.2, 0.25) is 0 Å². The molecule has 0 radical (unpaired) electrons. The molecule has 1 atom stereocenters. The number of H-pyrrole nitrogens is 1. The maximum absolute atomic E-state index is 4.94. The standard InChI is InChI=1S/C22H30N6.HI/c1-4-23-22(28-11-9-18(15-28)19-13-26-27(3)14-19)24-10-8-17-12-25-20-7-5-6-16(2)21(17)20;/h5-7,12-14,18,25H,4,8-11,15H2,1-3H3,(H,23,24);1H. The van der Waals surface area contributed by atoms with E-state index in [0.29, 0.717) is 5.92 Å². The summed E-state index contributed by atoms with van der Waals surface area (Å²) in [5.41, 5.74) is 5.21. The molecule has 7 heteroatoms. The van der Waals surface area contributed by atoms with Gasteiger partial charge >= 0.3 is 0 Å². The number of aliphatic imine (C=N–C) groups is 1. The number of aryl methyl sites for hydroxylation is 2. The van der Waals surface area contributed by atoms with Crippen molar-refractivity contribution in [2.45, 2.75) is 32.6 Å². The van der Waals surface area contributed by atoms with Crippen LogP contribution in [0.4, 0.5) is 0 Å². The summed E-state index contributed by atoms with van der Waals surface area (Å²) in [6.45, 7) is 8.03. The summed E-state index contributed by atoms with van der Waals surface area (Å²) < 4.78 is 1.89. The van der Waals surface area contributed by atoms with Gasteiger partial charge in [-0.1, -0.05) is 12.1 Å². The molecule has 3 aromatic rings. The molecular formula is C22H31IN6. The van der Waals surface area contributed by atoms with E-state index in [9.17, 15) is 0 Å². The number of nitrogens with zero attached hydrogens (tertiary/aromatic N) is 4. The van der Waals surface area contributed by atoms with Gasteiger partial charge in [-0.05, 0) is 49.4 Å². The predicted octanol–water partition coefficient (Wildman–Crippen LogP) is 3.83. The molecule has 1 saturated heterocycles. The topological polar surface area (TPSA) is 61.2 Å². The number of benzene rings is 1. The largest absolute Gasteiger partial charge is 0.361 e. The maximum atomic E-state index is 4.94. The SMILES string of the molecule is CCNC(=NCCc1c[nH]c2cccc(C)c12)N1CCC(c2cnn(C)c2)C1.I. The van der Waals surface area contributed by atoms with Gasteiger partial charge in [-0.15, -0.1) is 24.0 Å². The van der Waals surface area contributed by atoms with Crippen LogP contribution in [0, 0.1) is 6.92 Å². The van der Waals surface area contributed by atoms with Crippen molar-refractivity contribution in [2.75, 3.05) is 26.2 Å². The highest BCUT2D eigenvalue weighted by Gasteiger charge is 2.26. The van der Waals surface area contributed by atoms with Crippen LogP contribution in [0.15, 0.2) is 41.8 Å². The number of guanidine groups is 1. The average molecular weight is 506 g/mol. The van der Waals surface area contributed by atoms with Crippen molar-refractivity contribution in [2.24, 2.45) is 12.0 Å². The highest BCUT2D eigenvalue weighted by atomic mass is 127. The average Bonchev–Trinajstić information content (AvgIpc) is 3.41.